The van der Waals surface area contributed by atoms with Crippen LogP contribution < -0.4 is 10.6 Å². The highest BCUT2D eigenvalue weighted by Gasteiger charge is 2.16. The first-order valence-corrected chi connectivity index (χ1v) is 6.21. The maximum absolute atomic E-state index is 11.6. The minimum atomic E-state index is 0.155. The predicted octanol–water partition coefficient (Wildman–Crippen LogP) is 0.917. The molecule has 2 atom stereocenters. The molecule has 2 N–H and O–H groups in total. The molecule has 4 nitrogen and oxygen atoms in total. The Kier molecular flexibility index (Phi) is 6.42. The summed E-state index contributed by atoms with van der Waals surface area (Å²) < 4.78 is 5.02. The van der Waals surface area contributed by atoms with Gasteiger partial charge in [-0.1, -0.05) is 13.3 Å². The summed E-state index contributed by atoms with van der Waals surface area (Å²) in [5, 5.41) is 6.33. The molecular formula is C12H24N2O2. The molecule has 0 bridgehead atoms. The highest BCUT2D eigenvalue weighted by molar-refractivity contribution is 5.76. The van der Waals surface area contributed by atoms with Crippen molar-refractivity contribution in [3.63, 3.8) is 0 Å². The molecule has 2 unspecified atom stereocenters. The van der Waals surface area contributed by atoms with Crippen LogP contribution in [-0.2, 0) is 9.53 Å². The Bertz CT molecular complexity index is 203. The molecular weight excluding hydrogens is 204 g/mol. The fourth-order valence-corrected chi connectivity index (χ4v) is 2.03. The van der Waals surface area contributed by atoms with Crippen LogP contribution in [0.5, 0.6) is 0 Å². The van der Waals surface area contributed by atoms with Crippen molar-refractivity contribution in [3.8, 4) is 0 Å². The summed E-state index contributed by atoms with van der Waals surface area (Å²) in [5.41, 5.74) is 0. The van der Waals surface area contributed by atoms with E-state index in [0.717, 1.165) is 13.0 Å². The molecule has 1 amide bonds. The van der Waals surface area contributed by atoms with Gasteiger partial charge in [0.05, 0.1) is 6.61 Å². The Balaban J connectivity index is 2.10. The van der Waals surface area contributed by atoms with E-state index < -0.39 is 0 Å². The summed E-state index contributed by atoms with van der Waals surface area (Å²) in [6.07, 6.45) is 4.22. The summed E-state index contributed by atoms with van der Waals surface area (Å²) in [5.74, 6) is 0.538. The molecule has 1 aliphatic heterocycles. The third-order valence-electron chi connectivity index (χ3n) is 2.94. The predicted molar refractivity (Wildman–Crippen MR) is 64.3 cm³/mol. The van der Waals surface area contributed by atoms with Gasteiger partial charge in [0.25, 0.3) is 0 Å². The van der Waals surface area contributed by atoms with Gasteiger partial charge in [0, 0.05) is 26.1 Å². The van der Waals surface area contributed by atoms with Crippen molar-refractivity contribution in [1.29, 1.82) is 0 Å². The molecule has 94 valence electrons. The van der Waals surface area contributed by atoms with Gasteiger partial charge < -0.3 is 15.4 Å². The van der Waals surface area contributed by atoms with Crippen molar-refractivity contribution >= 4 is 5.91 Å². The standard InChI is InChI=1S/C12H24N2O2/c1-10(9-16-2)8-14-12(15)7-11-5-3-4-6-13-11/h10-11,13H,3-9H2,1-2H3,(H,14,15). The van der Waals surface area contributed by atoms with E-state index >= 15 is 0 Å². The average molecular weight is 228 g/mol. The number of rotatable bonds is 6. The molecule has 0 aromatic heterocycles. The normalized spacial score (nSPS) is 22.8. The van der Waals surface area contributed by atoms with E-state index in [1.807, 2.05) is 0 Å². The van der Waals surface area contributed by atoms with E-state index in [1.165, 1.54) is 12.8 Å². The number of piperidine rings is 1. The monoisotopic (exact) mass is 228 g/mol. The van der Waals surface area contributed by atoms with Gasteiger partial charge in [-0.25, -0.2) is 0 Å². The second-order valence-electron chi connectivity index (χ2n) is 4.72. The molecule has 0 saturated carbocycles. The number of nitrogens with one attached hydrogen (secondary N) is 2. The SMILES string of the molecule is COCC(C)CNC(=O)CC1CCCCN1. The van der Waals surface area contributed by atoms with Crippen LogP contribution in [-0.4, -0.2) is 38.8 Å². The zero-order chi connectivity index (χ0) is 11.8. The van der Waals surface area contributed by atoms with Crippen LogP contribution >= 0.6 is 0 Å². The molecule has 1 rings (SSSR count). The van der Waals surface area contributed by atoms with E-state index in [2.05, 4.69) is 17.6 Å². The van der Waals surface area contributed by atoms with Crippen LogP contribution in [0.4, 0.5) is 0 Å². The number of ether oxygens (including phenoxy) is 1. The Morgan fingerprint density at radius 3 is 3.00 bits per heavy atom. The molecule has 1 heterocycles. The van der Waals surface area contributed by atoms with Gasteiger partial charge in [-0.2, -0.15) is 0 Å². The lowest BCUT2D eigenvalue weighted by molar-refractivity contribution is -0.121. The number of amides is 1. The first-order chi connectivity index (χ1) is 7.72. The molecule has 1 fully saturated rings. The van der Waals surface area contributed by atoms with Crippen molar-refractivity contribution in [1.82, 2.24) is 10.6 Å². The maximum Gasteiger partial charge on any atom is 0.221 e. The van der Waals surface area contributed by atoms with Crippen molar-refractivity contribution in [2.24, 2.45) is 5.92 Å². The topological polar surface area (TPSA) is 50.4 Å². The molecule has 0 spiro atoms. The van der Waals surface area contributed by atoms with E-state index in [1.54, 1.807) is 7.11 Å². The maximum atomic E-state index is 11.6. The first kappa shape index (κ1) is 13.5. The van der Waals surface area contributed by atoms with Crippen molar-refractivity contribution in [2.75, 3.05) is 26.8 Å². The third kappa shape index (κ3) is 5.47. The number of hydrogen-bond acceptors (Lipinski definition) is 3. The van der Waals surface area contributed by atoms with Gasteiger partial charge in [0.1, 0.15) is 0 Å². The van der Waals surface area contributed by atoms with E-state index in [4.69, 9.17) is 4.74 Å². The second-order valence-corrected chi connectivity index (χ2v) is 4.72. The fourth-order valence-electron chi connectivity index (χ4n) is 2.03. The quantitative estimate of drug-likeness (QED) is 0.710. The smallest absolute Gasteiger partial charge is 0.221 e. The minimum absolute atomic E-state index is 0.155. The van der Waals surface area contributed by atoms with Crippen molar-refractivity contribution < 1.29 is 9.53 Å². The van der Waals surface area contributed by atoms with E-state index in [0.29, 0.717) is 31.5 Å². The Labute approximate surface area is 98.1 Å². The van der Waals surface area contributed by atoms with Crippen molar-refractivity contribution in [3.05, 3.63) is 0 Å². The molecule has 1 saturated heterocycles. The molecule has 0 aromatic carbocycles. The zero-order valence-electron chi connectivity index (χ0n) is 10.4. The van der Waals surface area contributed by atoms with Crippen LogP contribution in [0, 0.1) is 5.92 Å². The Morgan fingerprint density at radius 2 is 2.38 bits per heavy atom. The summed E-state index contributed by atoms with van der Waals surface area (Å²) in [6.45, 7) is 4.53. The molecule has 16 heavy (non-hydrogen) atoms. The summed E-state index contributed by atoms with van der Waals surface area (Å²) in [6, 6.07) is 0.381. The van der Waals surface area contributed by atoms with Gasteiger partial charge >= 0.3 is 0 Å². The van der Waals surface area contributed by atoms with Gasteiger partial charge in [-0.05, 0) is 25.3 Å². The Hall–Kier alpha value is -0.610. The molecule has 1 aliphatic rings. The average Bonchev–Trinajstić information content (AvgIpc) is 2.28. The number of methoxy groups -OCH3 is 1. The zero-order valence-corrected chi connectivity index (χ0v) is 10.4. The number of carbonyl (C=O) groups excluding carboxylic acids is 1. The van der Waals surface area contributed by atoms with Crippen LogP contribution in [0.25, 0.3) is 0 Å². The molecule has 0 aromatic rings. The Morgan fingerprint density at radius 1 is 1.56 bits per heavy atom. The second kappa shape index (κ2) is 7.63. The lowest BCUT2D eigenvalue weighted by Gasteiger charge is -2.23. The molecule has 4 heteroatoms. The summed E-state index contributed by atoms with van der Waals surface area (Å²) in [7, 11) is 1.68. The van der Waals surface area contributed by atoms with Crippen LogP contribution in [0.2, 0.25) is 0 Å². The largest absolute Gasteiger partial charge is 0.384 e. The van der Waals surface area contributed by atoms with Gasteiger partial charge in [0.15, 0.2) is 0 Å². The fraction of sp³-hybridized carbons (Fsp3) is 0.917. The lowest BCUT2D eigenvalue weighted by Crippen LogP contribution is -2.39. The third-order valence-corrected chi connectivity index (χ3v) is 2.94. The van der Waals surface area contributed by atoms with Crippen LogP contribution in [0.15, 0.2) is 0 Å². The van der Waals surface area contributed by atoms with Crippen LogP contribution in [0.3, 0.4) is 0 Å². The van der Waals surface area contributed by atoms with Gasteiger partial charge in [-0.15, -0.1) is 0 Å². The van der Waals surface area contributed by atoms with Gasteiger partial charge in [0.2, 0.25) is 5.91 Å². The molecule has 0 radical (unpaired) electrons. The first-order valence-electron chi connectivity index (χ1n) is 6.21. The van der Waals surface area contributed by atoms with E-state index in [-0.39, 0.29) is 5.91 Å². The number of hydrogen-bond donors (Lipinski definition) is 2. The molecule has 0 aliphatic carbocycles. The van der Waals surface area contributed by atoms with Gasteiger partial charge in [-0.3, -0.25) is 4.79 Å². The van der Waals surface area contributed by atoms with Crippen LogP contribution in [0.1, 0.15) is 32.6 Å². The number of carbonyl (C=O) groups is 1. The summed E-state index contributed by atoms with van der Waals surface area (Å²) in [4.78, 5) is 11.6. The summed E-state index contributed by atoms with van der Waals surface area (Å²) >= 11 is 0. The highest BCUT2D eigenvalue weighted by Crippen LogP contribution is 2.09. The van der Waals surface area contributed by atoms with E-state index in [9.17, 15) is 4.79 Å². The lowest BCUT2D eigenvalue weighted by atomic mass is 10.0. The van der Waals surface area contributed by atoms with Crippen molar-refractivity contribution in [2.45, 2.75) is 38.6 Å². The highest BCUT2D eigenvalue weighted by atomic mass is 16.5. The minimum Gasteiger partial charge on any atom is -0.384 e.